The minimum Gasteiger partial charge on any atom is -0.351 e. The summed E-state index contributed by atoms with van der Waals surface area (Å²) in [6.45, 7) is 5.87. The van der Waals surface area contributed by atoms with Crippen LogP contribution in [0.3, 0.4) is 0 Å². The summed E-state index contributed by atoms with van der Waals surface area (Å²) in [5.41, 5.74) is 0. The molecule has 1 heterocycles. The van der Waals surface area contributed by atoms with Crippen LogP contribution < -0.4 is 0 Å². The third-order valence-electron chi connectivity index (χ3n) is 1.64. The molecule has 0 radical (unpaired) electrons. The first-order valence-electron chi connectivity index (χ1n) is 4.67. The number of aromatic nitrogens is 2. The van der Waals surface area contributed by atoms with E-state index in [4.69, 9.17) is 9.47 Å². The highest BCUT2D eigenvalue weighted by atomic mass is 127. The third kappa shape index (κ3) is 3.93. The van der Waals surface area contributed by atoms with E-state index in [2.05, 4.69) is 27.7 Å². The monoisotopic (exact) mass is 310 g/mol. The molecule has 0 aliphatic heterocycles. The van der Waals surface area contributed by atoms with E-state index in [9.17, 15) is 0 Å². The van der Waals surface area contributed by atoms with Crippen molar-refractivity contribution < 1.29 is 9.47 Å². The number of rotatable bonds is 6. The van der Waals surface area contributed by atoms with Crippen LogP contribution in [0.2, 0.25) is 0 Å². The fourth-order valence-corrected chi connectivity index (χ4v) is 1.56. The fraction of sp³-hybridized carbons (Fsp3) is 0.667. The molecule has 0 aliphatic rings. The van der Waals surface area contributed by atoms with Gasteiger partial charge in [-0.05, 0) is 36.4 Å². The first-order valence-corrected chi connectivity index (χ1v) is 5.75. The second-order valence-corrected chi connectivity index (χ2v) is 3.97. The summed E-state index contributed by atoms with van der Waals surface area (Å²) in [7, 11) is 0. The Balaban J connectivity index is 2.46. The molecule has 4 nitrogen and oxygen atoms in total. The van der Waals surface area contributed by atoms with Crippen LogP contribution in [-0.4, -0.2) is 29.3 Å². The van der Waals surface area contributed by atoms with E-state index in [1.54, 1.807) is 0 Å². The molecule has 0 aromatic carbocycles. The Morgan fingerprint density at radius 3 is 2.50 bits per heavy atom. The van der Waals surface area contributed by atoms with Crippen LogP contribution >= 0.6 is 22.6 Å². The standard InChI is InChI=1S/C9H15IN2O2/c1-3-13-9(14-4-2)7-12-6-8(10)5-11-12/h5-6,9H,3-4,7H2,1-2H3. The van der Waals surface area contributed by atoms with Crippen molar-refractivity contribution in [2.75, 3.05) is 13.2 Å². The molecule has 80 valence electrons. The Hall–Kier alpha value is -0.140. The zero-order valence-corrected chi connectivity index (χ0v) is 10.6. The van der Waals surface area contributed by atoms with E-state index in [0.717, 1.165) is 3.57 Å². The van der Waals surface area contributed by atoms with Crippen LogP contribution in [0.15, 0.2) is 12.4 Å². The first-order chi connectivity index (χ1) is 6.76. The molecule has 0 saturated carbocycles. The average Bonchev–Trinajstić information content (AvgIpc) is 2.52. The molecular weight excluding hydrogens is 295 g/mol. The van der Waals surface area contributed by atoms with Crippen molar-refractivity contribution in [3.63, 3.8) is 0 Å². The molecule has 0 saturated heterocycles. The molecule has 1 aromatic rings. The topological polar surface area (TPSA) is 36.3 Å². The van der Waals surface area contributed by atoms with Gasteiger partial charge < -0.3 is 9.47 Å². The molecule has 0 fully saturated rings. The lowest BCUT2D eigenvalue weighted by Crippen LogP contribution is -2.23. The van der Waals surface area contributed by atoms with Gasteiger partial charge in [-0.25, -0.2) is 0 Å². The Kier molecular flexibility index (Phi) is 5.42. The Morgan fingerprint density at radius 2 is 2.07 bits per heavy atom. The van der Waals surface area contributed by atoms with Crippen molar-refractivity contribution in [1.82, 2.24) is 9.78 Å². The number of nitrogens with zero attached hydrogens (tertiary/aromatic N) is 2. The molecule has 0 aliphatic carbocycles. The van der Waals surface area contributed by atoms with Gasteiger partial charge in [0.2, 0.25) is 0 Å². The minimum absolute atomic E-state index is 0.194. The molecule has 5 heteroatoms. The van der Waals surface area contributed by atoms with Gasteiger partial charge in [0.15, 0.2) is 6.29 Å². The Labute approximate surface area is 97.7 Å². The van der Waals surface area contributed by atoms with Gasteiger partial charge in [0.1, 0.15) is 0 Å². The van der Waals surface area contributed by atoms with Crippen molar-refractivity contribution in [2.24, 2.45) is 0 Å². The lowest BCUT2D eigenvalue weighted by atomic mass is 10.6. The molecule has 0 amide bonds. The van der Waals surface area contributed by atoms with Gasteiger partial charge in [0.05, 0.1) is 16.3 Å². The van der Waals surface area contributed by atoms with Crippen LogP contribution in [0.25, 0.3) is 0 Å². The van der Waals surface area contributed by atoms with E-state index >= 15 is 0 Å². The largest absolute Gasteiger partial charge is 0.351 e. The van der Waals surface area contributed by atoms with Gasteiger partial charge in [-0.2, -0.15) is 5.10 Å². The van der Waals surface area contributed by atoms with Gasteiger partial charge in [0, 0.05) is 19.4 Å². The lowest BCUT2D eigenvalue weighted by molar-refractivity contribution is -0.144. The number of hydrogen-bond donors (Lipinski definition) is 0. The highest BCUT2D eigenvalue weighted by molar-refractivity contribution is 14.1. The summed E-state index contributed by atoms with van der Waals surface area (Å²) in [5, 5.41) is 4.17. The van der Waals surface area contributed by atoms with E-state index in [0.29, 0.717) is 19.8 Å². The third-order valence-corrected chi connectivity index (χ3v) is 2.20. The SMILES string of the molecule is CCOC(Cn1cc(I)cn1)OCC. The van der Waals surface area contributed by atoms with Crippen molar-refractivity contribution in [1.29, 1.82) is 0 Å². The predicted molar refractivity (Wildman–Crippen MR) is 62.0 cm³/mol. The lowest BCUT2D eigenvalue weighted by Gasteiger charge is -2.16. The molecule has 1 rings (SSSR count). The van der Waals surface area contributed by atoms with Gasteiger partial charge in [0.25, 0.3) is 0 Å². The number of hydrogen-bond acceptors (Lipinski definition) is 3. The average molecular weight is 310 g/mol. The van der Waals surface area contributed by atoms with Crippen molar-refractivity contribution in [2.45, 2.75) is 26.7 Å². The Bertz CT molecular complexity index is 259. The summed E-state index contributed by atoms with van der Waals surface area (Å²) in [6.07, 6.45) is 3.59. The van der Waals surface area contributed by atoms with Gasteiger partial charge in [-0.15, -0.1) is 0 Å². The summed E-state index contributed by atoms with van der Waals surface area (Å²) >= 11 is 2.23. The van der Waals surface area contributed by atoms with E-state index < -0.39 is 0 Å². The van der Waals surface area contributed by atoms with Crippen LogP contribution in [0.5, 0.6) is 0 Å². The van der Waals surface area contributed by atoms with E-state index in [-0.39, 0.29) is 6.29 Å². The highest BCUT2D eigenvalue weighted by Crippen LogP contribution is 2.04. The normalized spacial score (nSPS) is 11.1. The zero-order valence-electron chi connectivity index (χ0n) is 8.44. The van der Waals surface area contributed by atoms with Gasteiger partial charge >= 0.3 is 0 Å². The molecular formula is C9H15IN2O2. The maximum atomic E-state index is 5.41. The molecule has 14 heavy (non-hydrogen) atoms. The quantitative estimate of drug-likeness (QED) is 0.595. The summed E-state index contributed by atoms with van der Waals surface area (Å²) in [6, 6.07) is 0. The first kappa shape index (κ1) is 11.9. The van der Waals surface area contributed by atoms with Crippen molar-refractivity contribution in [3.05, 3.63) is 16.0 Å². The smallest absolute Gasteiger partial charge is 0.176 e. The number of halogens is 1. The Morgan fingerprint density at radius 1 is 1.43 bits per heavy atom. The van der Waals surface area contributed by atoms with Gasteiger partial charge in [-0.1, -0.05) is 0 Å². The van der Waals surface area contributed by atoms with Crippen molar-refractivity contribution in [3.8, 4) is 0 Å². The highest BCUT2D eigenvalue weighted by Gasteiger charge is 2.09. The molecule has 0 N–H and O–H groups in total. The molecule has 0 unspecified atom stereocenters. The number of ether oxygens (including phenoxy) is 2. The molecule has 0 spiro atoms. The van der Waals surface area contributed by atoms with Crippen LogP contribution in [0, 0.1) is 3.57 Å². The minimum atomic E-state index is -0.194. The van der Waals surface area contributed by atoms with Crippen LogP contribution in [0.1, 0.15) is 13.8 Å². The fourth-order valence-electron chi connectivity index (χ4n) is 1.12. The summed E-state index contributed by atoms with van der Waals surface area (Å²) in [4.78, 5) is 0. The molecule has 1 aromatic heterocycles. The van der Waals surface area contributed by atoms with E-state index in [1.165, 1.54) is 0 Å². The molecule has 0 atom stereocenters. The van der Waals surface area contributed by atoms with Gasteiger partial charge in [-0.3, -0.25) is 4.68 Å². The second kappa shape index (κ2) is 6.36. The summed E-state index contributed by atoms with van der Waals surface area (Å²) < 4.78 is 13.8. The second-order valence-electron chi connectivity index (χ2n) is 2.72. The van der Waals surface area contributed by atoms with Crippen LogP contribution in [-0.2, 0) is 16.0 Å². The zero-order chi connectivity index (χ0) is 10.4. The predicted octanol–water partition coefficient (Wildman–Crippen LogP) is 1.89. The van der Waals surface area contributed by atoms with Crippen molar-refractivity contribution >= 4 is 22.6 Å². The maximum absolute atomic E-state index is 5.41. The van der Waals surface area contributed by atoms with Crippen LogP contribution in [0.4, 0.5) is 0 Å². The molecule has 0 bridgehead atoms. The maximum Gasteiger partial charge on any atom is 0.176 e. The summed E-state index contributed by atoms with van der Waals surface area (Å²) in [5.74, 6) is 0. The van der Waals surface area contributed by atoms with E-state index in [1.807, 2.05) is 30.9 Å².